The van der Waals surface area contributed by atoms with Crippen molar-refractivity contribution < 1.29 is 4.79 Å². The summed E-state index contributed by atoms with van der Waals surface area (Å²) in [7, 11) is 0. The van der Waals surface area contributed by atoms with E-state index >= 15 is 0 Å². The number of nitrogens with one attached hydrogen (secondary N) is 2. The van der Waals surface area contributed by atoms with Crippen LogP contribution in [0.4, 0.5) is 0 Å². The van der Waals surface area contributed by atoms with Crippen molar-refractivity contribution in [3.63, 3.8) is 0 Å². The van der Waals surface area contributed by atoms with E-state index in [1.165, 1.54) is 23.3 Å². The van der Waals surface area contributed by atoms with Gasteiger partial charge >= 0.3 is 0 Å². The Hall–Kier alpha value is -2.43. The molecule has 2 N–H and O–H groups in total. The molecule has 0 atom stereocenters. The van der Waals surface area contributed by atoms with Crippen LogP contribution >= 0.6 is 0 Å². The first-order valence-electron chi connectivity index (χ1n) is 6.61. The maximum atomic E-state index is 11.8. The fraction of sp³-hybridized carbons (Fsp3) is 0.267. The largest absolute Gasteiger partial charge is 0.350 e. The molecule has 0 aliphatic rings. The molecule has 1 aromatic heterocycles. The van der Waals surface area contributed by atoms with Crippen LogP contribution < -0.4 is 10.9 Å². The van der Waals surface area contributed by atoms with Crippen LogP contribution in [0.25, 0.3) is 0 Å². The van der Waals surface area contributed by atoms with Crippen LogP contribution in [-0.2, 0) is 12.8 Å². The summed E-state index contributed by atoms with van der Waals surface area (Å²) in [4.78, 5) is 22.6. The quantitative estimate of drug-likeness (QED) is 0.861. The van der Waals surface area contributed by atoms with Gasteiger partial charge in [0.15, 0.2) is 0 Å². The predicted molar refractivity (Wildman–Crippen MR) is 76.7 cm³/mol. The number of nitrogens with zero attached hydrogens (tertiary/aromatic N) is 1. The van der Waals surface area contributed by atoms with E-state index < -0.39 is 0 Å². The topological polar surface area (TPSA) is 74.8 Å². The molecule has 1 heterocycles. The number of aromatic nitrogens is 2. The number of amides is 1. The van der Waals surface area contributed by atoms with E-state index in [0.717, 1.165) is 12.8 Å². The minimum Gasteiger partial charge on any atom is -0.350 e. The van der Waals surface area contributed by atoms with E-state index in [-0.39, 0.29) is 17.2 Å². The Bertz CT molecular complexity index is 612. The van der Waals surface area contributed by atoms with Gasteiger partial charge in [0.25, 0.3) is 11.5 Å². The van der Waals surface area contributed by atoms with Crippen LogP contribution in [0, 0.1) is 0 Å². The van der Waals surface area contributed by atoms with Crippen molar-refractivity contribution in [3.8, 4) is 0 Å². The van der Waals surface area contributed by atoms with Gasteiger partial charge in [-0.3, -0.25) is 9.59 Å². The van der Waals surface area contributed by atoms with E-state index in [1.807, 2.05) is 0 Å². The number of benzene rings is 1. The number of hydrogen-bond acceptors (Lipinski definition) is 3. The van der Waals surface area contributed by atoms with Gasteiger partial charge in [0, 0.05) is 12.6 Å². The molecule has 20 heavy (non-hydrogen) atoms. The van der Waals surface area contributed by atoms with Crippen LogP contribution in [0.1, 0.15) is 28.5 Å². The molecule has 2 aromatic rings. The van der Waals surface area contributed by atoms with Crippen molar-refractivity contribution in [1.82, 2.24) is 15.5 Å². The highest BCUT2D eigenvalue weighted by atomic mass is 16.2. The first-order chi connectivity index (χ1) is 9.69. The zero-order chi connectivity index (χ0) is 14.4. The lowest BCUT2D eigenvalue weighted by Crippen LogP contribution is -2.27. The van der Waals surface area contributed by atoms with Gasteiger partial charge in [-0.1, -0.05) is 31.2 Å². The van der Waals surface area contributed by atoms with Crippen LogP contribution in [0.2, 0.25) is 0 Å². The minimum absolute atomic E-state index is 0.214. The number of rotatable bonds is 5. The number of aryl methyl sites for hydroxylation is 1. The number of carbonyl (C=O) groups is 1. The van der Waals surface area contributed by atoms with E-state index in [9.17, 15) is 9.59 Å². The average Bonchev–Trinajstić information content (AvgIpc) is 2.48. The van der Waals surface area contributed by atoms with Crippen molar-refractivity contribution in [1.29, 1.82) is 0 Å². The van der Waals surface area contributed by atoms with Crippen LogP contribution in [0.3, 0.4) is 0 Å². The fourth-order valence-electron chi connectivity index (χ4n) is 1.82. The van der Waals surface area contributed by atoms with E-state index in [2.05, 4.69) is 46.7 Å². The third-order valence-electron chi connectivity index (χ3n) is 3.04. The summed E-state index contributed by atoms with van der Waals surface area (Å²) >= 11 is 0. The smallest absolute Gasteiger partial charge is 0.271 e. The molecule has 0 aliphatic heterocycles. The molecule has 0 fully saturated rings. The zero-order valence-electron chi connectivity index (χ0n) is 11.3. The molecule has 0 unspecified atom stereocenters. The van der Waals surface area contributed by atoms with Gasteiger partial charge in [0.1, 0.15) is 5.69 Å². The van der Waals surface area contributed by atoms with Crippen molar-refractivity contribution >= 4 is 5.91 Å². The van der Waals surface area contributed by atoms with E-state index in [4.69, 9.17) is 0 Å². The Morgan fingerprint density at radius 2 is 1.85 bits per heavy atom. The van der Waals surface area contributed by atoms with Gasteiger partial charge in [-0.25, -0.2) is 5.10 Å². The lowest BCUT2D eigenvalue weighted by Gasteiger charge is -2.05. The number of H-pyrrole nitrogens is 1. The molecule has 0 radical (unpaired) electrons. The third kappa shape index (κ3) is 3.78. The average molecular weight is 271 g/mol. The Kier molecular flexibility index (Phi) is 4.65. The normalized spacial score (nSPS) is 10.2. The second-order valence-corrected chi connectivity index (χ2v) is 4.48. The summed E-state index contributed by atoms with van der Waals surface area (Å²) in [5.41, 5.74) is 2.37. The van der Waals surface area contributed by atoms with E-state index in [1.54, 1.807) is 0 Å². The van der Waals surface area contributed by atoms with Crippen molar-refractivity contribution in [2.45, 2.75) is 19.8 Å². The van der Waals surface area contributed by atoms with Crippen molar-refractivity contribution in [3.05, 3.63) is 63.6 Å². The van der Waals surface area contributed by atoms with Crippen LogP contribution in [-0.4, -0.2) is 22.6 Å². The summed E-state index contributed by atoms with van der Waals surface area (Å²) in [5, 5.41) is 8.68. The molecule has 0 saturated heterocycles. The predicted octanol–water partition coefficient (Wildman–Crippen LogP) is 1.30. The first kappa shape index (κ1) is 14.0. The van der Waals surface area contributed by atoms with Crippen LogP contribution in [0.5, 0.6) is 0 Å². The molecule has 0 bridgehead atoms. The molecule has 1 amide bonds. The fourth-order valence-corrected chi connectivity index (χ4v) is 1.82. The van der Waals surface area contributed by atoms with Gasteiger partial charge in [-0.05, 0) is 30.0 Å². The Labute approximate surface area is 117 Å². The molecule has 0 saturated carbocycles. The minimum atomic E-state index is -0.322. The van der Waals surface area contributed by atoms with Crippen LogP contribution in [0.15, 0.2) is 41.2 Å². The van der Waals surface area contributed by atoms with Gasteiger partial charge in [0.2, 0.25) is 0 Å². The molecule has 0 aliphatic carbocycles. The maximum Gasteiger partial charge on any atom is 0.271 e. The molecule has 5 nitrogen and oxygen atoms in total. The van der Waals surface area contributed by atoms with Crippen molar-refractivity contribution in [2.75, 3.05) is 6.54 Å². The highest BCUT2D eigenvalue weighted by Crippen LogP contribution is 2.05. The first-order valence-corrected chi connectivity index (χ1v) is 6.61. The molecule has 104 valence electrons. The highest BCUT2D eigenvalue weighted by Gasteiger charge is 2.06. The second-order valence-electron chi connectivity index (χ2n) is 4.48. The summed E-state index contributed by atoms with van der Waals surface area (Å²) < 4.78 is 0. The van der Waals surface area contributed by atoms with E-state index in [0.29, 0.717) is 6.54 Å². The highest BCUT2D eigenvalue weighted by molar-refractivity contribution is 5.91. The third-order valence-corrected chi connectivity index (χ3v) is 3.04. The second kappa shape index (κ2) is 6.65. The molecule has 2 rings (SSSR count). The monoisotopic (exact) mass is 271 g/mol. The molecule has 1 aromatic carbocycles. The Morgan fingerprint density at radius 1 is 1.15 bits per heavy atom. The lowest BCUT2D eigenvalue weighted by molar-refractivity contribution is 0.0948. The molecule has 0 spiro atoms. The number of hydrogen-bond donors (Lipinski definition) is 2. The van der Waals surface area contributed by atoms with Gasteiger partial charge < -0.3 is 5.32 Å². The molecular weight excluding hydrogens is 254 g/mol. The van der Waals surface area contributed by atoms with Gasteiger partial charge in [0.05, 0.1) is 0 Å². The zero-order valence-corrected chi connectivity index (χ0v) is 11.3. The summed E-state index contributed by atoms with van der Waals surface area (Å²) in [6, 6.07) is 11.0. The molecular formula is C15H17N3O2. The number of carbonyl (C=O) groups excluding carboxylic acids is 1. The van der Waals surface area contributed by atoms with Gasteiger partial charge in [-0.15, -0.1) is 0 Å². The molecule has 5 heteroatoms. The SMILES string of the molecule is CCc1ccc(CCNC(=O)c2ccc(=O)[nH]n2)cc1. The van der Waals surface area contributed by atoms with Gasteiger partial charge in [-0.2, -0.15) is 5.10 Å². The summed E-state index contributed by atoms with van der Waals surface area (Å²) in [6.07, 6.45) is 1.79. The van der Waals surface area contributed by atoms with Crippen molar-refractivity contribution in [2.24, 2.45) is 0 Å². The Morgan fingerprint density at radius 3 is 2.45 bits per heavy atom. The summed E-state index contributed by atoms with van der Waals surface area (Å²) in [6.45, 7) is 2.65. The maximum absolute atomic E-state index is 11.8. The summed E-state index contributed by atoms with van der Waals surface area (Å²) in [5.74, 6) is -0.286. The number of aromatic amines is 1. The lowest BCUT2D eigenvalue weighted by atomic mass is 10.1. The Balaban J connectivity index is 1.84. The standard InChI is InChI=1S/C15H17N3O2/c1-2-11-3-5-12(6-4-11)9-10-16-15(20)13-7-8-14(19)18-17-13/h3-8H,2,9-10H2,1H3,(H,16,20)(H,18,19).